The number of nitriles is 1. The second-order valence-corrected chi connectivity index (χ2v) is 4.54. The van der Waals surface area contributed by atoms with Crippen LogP contribution in [0.15, 0.2) is 0 Å². The van der Waals surface area contributed by atoms with E-state index in [2.05, 4.69) is 21.2 Å². The third-order valence-corrected chi connectivity index (χ3v) is 3.14. The van der Waals surface area contributed by atoms with Crippen molar-refractivity contribution in [3.8, 4) is 6.07 Å². The van der Waals surface area contributed by atoms with Gasteiger partial charge in [-0.2, -0.15) is 10.4 Å². The summed E-state index contributed by atoms with van der Waals surface area (Å²) in [7, 11) is 1.98. The SMILES string of the molecule is Cc1nnc(N(C)CC2CC2)c(C#N)c1C. The Morgan fingerprint density at radius 2 is 2.06 bits per heavy atom. The molecule has 16 heavy (non-hydrogen) atoms. The number of hydrogen-bond donors (Lipinski definition) is 0. The fourth-order valence-electron chi connectivity index (χ4n) is 1.77. The van der Waals surface area contributed by atoms with Gasteiger partial charge in [-0.3, -0.25) is 0 Å². The molecule has 0 unspecified atom stereocenters. The predicted molar refractivity (Wildman–Crippen MR) is 62.2 cm³/mol. The van der Waals surface area contributed by atoms with Crippen LogP contribution in [0.3, 0.4) is 0 Å². The molecule has 1 saturated carbocycles. The van der Waals surface area contributed by atoms with Crippen LogP contribution in [0.25, 0.3) is 0 Å². The van der Waals surface area contributed by atoms with Gasteiger partial charge >= 0.3 is 0 Å². The molecule has 0 aromatic carbocycles. The Kier molecular flexibility index (Phi) is 2.78. The average Bonchev–Trinajstić information content (AvgIpc) is 3.05. The quantitative estimate of drug-likeness (QED) is 0.773. The Morgan fingerprint density at radius 3 is 2.62 bits per heavy atom. The minimum Gasteiger partial charge on any atom is -0.357 e. The fourth-order valence-corrected chi connectivity index (χ4v) is 1.77. The summed E-state index contributed by atoms with van der Waals surface area (Å²) in [5, 5.41) is 17.4. The maximum Gasteiger partial charge on any atom is 0.169 e. The maximum absolute atomic E-state index is 9.18. The number of anilines is 1. The molecular weight excluding hydrogens is 200 g/mol. The highest BCUT2D eigenvalue weighted by molar-refractivity contribution is 5.57. The first-order chi connectivity index (χ1) is 7.63. The minimum absolute atomic E-state index is 0.663. The standard InChI is InChI=1S/C12H16N4/c1-8-9(2)14-15-12(11(8)6-13)16(3)7-10-4-5-10/h10H,4-5,7H2,1-3H3. The van der Waals surface area contributed by atoms with Crippen molar-refractivity contribution in [2.75, 3.05) is 18.5 Å². The Bertz CT molecular complexity index is 443. The van der Waals surface area contributed by atoms with E-state index >= 15 is 0 Å². The van der Waals surface area contributed by atoms with Crippen molar-refractivity contribution in [1.82, 2.24) is 10.2 Å². The lowest BCUT2D eigenvalue weighted by Crippen LogP contribution is -2.23. The molecule has 0 N–H and O–H groups in total. The molecule has 1 fully saturated rings. The van der Waals surface area contributed by atoms with Gasteiger partial charge in [0.05, 0.1) is 5.69 Å². The summed E-state index contributed by atoms with van der Waals surface area (Å²) in [6.07, 6.45) is 2.59. The smallest absolute Gasteiger partial charge is 0.169 e. The normalized spacial score (nSPS) is 14.6. The molecule has 0 radical (unpaired) electrons. The van der Waals surface area contributed by atoms with Gasteiger partial charge in [-0.1, -0.05) is 0 Å². The summed E-state index contributed by atoms with van der Waals surface area (Å²) in [5.41, 5.74) is 2.44. The highest BCUT2D eigenvalue weighted by Gasteiger charge is 2.25. The van der Waals surface area contributed by atoms with Crippen LogP contribution in [0.2, 0.25) is 0 Å². The van der Waals surface area contributed by atoms with Crippen LogP contribution in [-0.4, -0.2) is 23.8 Å². The average molecular weight is 216 g/mol. The Labute approximate surface area is 95.9 Å². The van der Waals surface area contributed by atoms with Crippen LogP contribution in [0.4, 0.5) is 5.82 Å². The molecule has 0 atom stereocenters. The zero-order chi connectivity index (χ0) is 11.7. The van der Waals surface area contributed by atoms with Gasteiger partial charge < -0.3 is 4.90 Å². The molecule has 4 nitrogen and oxygen atoms in total. The summed E-state index contributed by atoms with van der Waals surface area (Å²) < 4.78 is 0. The van der Waals surface area contributed by atoms with E-state index in [0.717, 1.165) is 29.5 Å². The number of nitrogens with zero attached hydrogens (tertiary/aromatic N) is 4. The lowest BCUT2D eigenvalue weighted by molar-refractivity contribution is 0.762. The summed E-state index contributed by atoms with van der Waals surface area (Å²) in [6, 6.07) is 2.24. The summed E-state index contributed by atoms with van der Waals surface area (Å²) in [6.45, 7) is 4.79. The van der Waals surface area contributed by atoms with Crippen LogP contribution in [0.5, 0.6) is 0 Å². The van der Waals surface area contributed by atoms with Crippen molar-refractivity contribution in [1.29, 1.82) is 5.26 Å². The molecule has 0 aliphatic heterocycles. The Hall–Kier alpha value is -1.63. The largest absolute Gasteiger partial charge is 0.357 e. The van der Waals surface area contributed by atoms with Crippen molar-refractivity contribution in [3.63, 3.8) is 0 Å². The highest BCUT2D eigenvalue weighted by Crippen LogP contribution is 2.31. The van der Waals surface area contributed by atoms with E-state index in [-0.39, 0.29) is 0 Å². The van der Waals surface area contributed by atoms with E-state index in [9.17, 15) is 5.26 Å². The van der Waals surface area contributed by atoms with Gasteiger partial charge in [0.25, 0.3) is 0 Å². The molecular formula is C12H16N4. The summed E-state index contributed by atoms with van der Waals surface area (Å²) >= 11 is 0. The van der Waals surface area contributed by atoms with E-state index in [1.807, 2.05) is 20.9 Å². The summed E-state index contributed by atoms with van der Waals surface area (Å²) in [5.74, 6) is 1.50. The first-order valence-electron chi connectivity index (χ1n) is 5.58. The van der Waals surface area contributed by atoms with Gasteiger partial charge in [-0.05, 0) is 38.2 Å². The van der Waals surface area contributed by atoms with Gasteiger partial charge in [0.1, 0.15) is 11.6 Å². The Balaban J connectivity index is 2.32. The van der Waals surface area contributed by atoms with Gasteiger partial charge in [0.15, 0.2) is 5.82 Å². The number of hydrogen-bond acceptors (Lipinski definition) is 4. The third-order valence-electron chi connectivity index (χ3n) is 3.14. The number of aryl methyl sites for hydroxylation is 1. The van der Waals surface area contributed by atoms with Crippen molar-refractivity contribution >= 4 is 5.82 Å². The molecule has 4 heteroatoms. The maximum atomic E-state index is 9.18. The molecule has 0 amide bonds. The predicted octanol–water partition coefficient (Wildman–Crippen LogP) is 1.81. The molecule has 1 heterocycles. The van der Waals surface area contributed by atoms with Gasteiger partial charge in [-0.15, -0.1) is 5.10 Å². The molecule has 1 aromatic rings. The van der Waals surface area contributed by atoms with E-state index in [1.165, 1.54) is 12.8 Å². The lowest BCUT2D eigenvalue weighted by atomic mass is 10.1. The van der Waals surface area contributed by atoms with E-state index in [4.69, 9.17) is 0 Å². The lowest BCUT2D eigenvalue weighted by Gasteiger charge is -2.19. The first-order valence-corrected chi connectivity index (χ1v) is 5.58. The second-order valence-electron chi connectivity index (χ2n) is 4.54. The van der Waals surface area contributed by atoms with E-state index in [0.29, 0.717) is 5.56 Å². The zero-order valence-electron chi connectivity index (χ0n) is 9.99. The third kappa shape index (κ3) is 1.99. The summed E-state index contributed by atoms with van der Waals surface area (Å²) in [4.78, 5) is 2.05. The molecule has 0 bridgehead atoms. The van der Waals surface area contributed by atoms with Crippen LogP contribution < -0.4 is 4.90 Å². The highest BCUT2D eigenvalue weighted by atomic mass is 15.2. The molecule has 2 rings (SSSR count). The monoisotopic (exact) mass is 216 g/mol. The number of aromatic nitrogens is 2. The van der Waals surface area contributed by atoms with Gasteiger partial charge in [-0.25, -0.2) is 0 Å². The first kappa shape index (κ1) is 10.9. The van der Waals surface area contributed by atoms with Crippen LogP contribution in [0, 0.1) is 31.1 Å². The van der Waals surface area contributed by atoms with Crippen molar-refractivity contribution < 1.29 is 0 Å². The molecule has 1 aliphatic rings. The Morgan fingerprint density at radius 1 is 1.38 bits per heavy atom. The zero-order valence-corrected chi connectivity index (χ0v) is 9.99. The van der Waals surface area contributed by atoms with E-state index < -0.39 is 0 Å². The molecule has 0 saturated heterocycles. The molecule has 1 aromatic heterocycles. The fraction of sp³-hybridized carbons (Fsp3) is 0.583. The molecule has 1 aliphatic carbocycles. The van der Waals surface area contributed by atoms with E-state index in [1.54, 1.807) is 0 Å². The van der Waals surface area contributed by atoms with Gasteiger partial charge in [0, 0.05) is 13.6 Å². The molecule has 84 valence electrons. The van der Waals surface area contributed by atoms with Crippen LogP contribution >= 0.6 is 0 Å². The number of rotatable bonds is 3. The van der Waals surface area contributed by atoms with Crippen molar-refractivity contribution in [2.45, 2.75) is 26.7 Å². The van der Waals surface area contributed by atoms with Crippen LogP contribution in [0.1, 0.15) is 29.7 Å². The van der Waals surface area contributed by atoms with Crippen LogP contribution in [-0.2, 0) is 0 Å². The minimum atomic E-state index is 0.663. The van der Waals surface area contributed by atoms with Crippen molar-refractivity contribution in [3.05, 3.63) is 16.8 Å². The molecule has 0 spiro atoms. The second kappa shape index (κ2) is 4.09. The van der Waals surface area contributed by atoms with Crippen molar-refractivity contribution in [2.24, 2.45) is 5.92 Å². The van der Waals surface area contributed by atoms with Gasteiger partial charge in [0.2, 0.25) is 0 Å². The topological polar surface area (TPSA) is 52.8 Å².